The Morgan fingerprint density at radius 2 is 1.42 bits per heavy atom. The van der Waals surface area contributed by atoms with Gasteiger partial charge >= 0.3 is 12.5 Å². The van der Waals surface area contributed by atoms with Crippen LogP contribution in [0.5, 0.6) is 5.75 Å². The molecule has 0 spiro atoms. The number of nitrogens with one attached hydrogen (secondary N) is 1. The molecule has 0 amide bonds. The van der Waals surface area contributed by atoms with Crippen LogP contribution in [0.25, 0.3) is 11.1 Å². The third-order valence-corrected chi connectivity index (χ3v) is 4.32. The zero-order valence-electron chi connectivity index (χ0n) is 15.7. The smallest absolute Gasteiger partial charge is 0.482 e. The molecular formula is C22H15F6NO2. The summed E-state index contributed by atoms with van der Waals surface area (Å²) < 4.78 is 80.5. The molecule has 0 bridgehead atoms. The molecule has 0 saturated carbocycles. The average molecular weight is 439 g/mol. The second-order valence-electron chi connectivity index (χ2n) is 6.55. The second kappa shape index (κ2) is 8.71. The number of halogens is 6. The predicted molar refractivity (Wildman–Crippen MR) is 103 cm³/mol. The molecule has 0 aliphatic rings. The number of anilines is 1. The largest absolute Gasteiger partial charge is 0.488 e. The number of carbonyl (C=O) groups is 1. The van der Waals surface area contributed by atoms with Crippen molar-refractivity contribution in [1.82, 2.24) is 0 Å². The minimum absolute atomic E-state index is 0.0455. The van der Waals surface area contributed by atoms with E-state index in [1.54, 1.807) is 6.07 Å². The van der Waals surface area contributed by atoms with E-state index in [9.17, 15) is 31.1 Å². The Balaban J connectivity index is 1.72. The number of carbonyl (C=O) groups excluding carboxylic acids is 1. The summed E-state index contributed by atoms with van der Waals surface area (Å²) in [6.45, 7) is -0.0455. The van der Waals surface area contributed by atoms with Crippen molar-refractivity contribution in [3.63, 3.8) is 0 Å². The lowest BCUT2D eigenvalue weighted by molar-refractivity contribution is -0.137. The summed E-state index contributed by atoms with van der Waals surface area (Å²) in [4.78, 5) is 11.4. The zero-order chi connectivity index (χ0) is 22.6. The van der Waals surface area contributed by atoms with Crippen LogP contribution in [-0.2, 0) is 12.8 Å². The molecule has 3 nitrogen and oxygen atoms in total. The molecule has 0 radical (unpaired) electrons. The van der Waals surface area contributed by atoms with Gasteiger partial charge in [-0.2, -0.15) is 26.3 Å². The molecule has 0 fully saturated rings. The first-order chi connectivity index (χ1) is 14.5. The average Bonchev–Trinajstić information content (AvgIpc) is 2.71. The van der Waals surface area contributed by atoms with Gasteiger partial charge in [0.25, 0.3) is 0 Å². The fourth-order valence-corrected chi connectivity index (χ4v) is 2.81. The summed E-state index contributed by atoms with van der Waals surface area (Å²) in [5.41, 5.74) is 0.963. The molecule has 3 aromatic rings. The van der Waals surface area contributed by atoms with E-state index in [1.807, 2.05) is 0 Å². The minimum Gasteiger partial charge on any atom is -0.488 e. The molecule has 0 unspecified atom stereocenters. The van der Waals surface area contributed by atoms with Crippen molar-refractivity contribution in [2.45, 2.75) is 19.1 Å². The van der Waals surface area contributed by atoms with Gasteiger partial charge in [-0.05, 0) is 53.1 Å². The van der Waals surface area contributed by atoms with Gasteiger partial charge in [-0.25, -0.2) is 0 Å². The summed E-state index contributed by atoms with van der Waals surface area (Å²) in [7, 11) is 0. The number of hydrogen-bond acceptors (Lipinski definition) is 3. The van der Waals surface area contributed by atoms with Gasteiger partial charge < -0.3 is 4.74 Å². The van der Waals surface area contributed by atoms with Crippen molar-refractivity contribution in [3.05, 3.63) is 83.4 Å². The van der Waals surface area contributed by atoms with E-state index in [2.05, 4.69) is 0 Å². The van der Waals surface area contributed by atoms with Crippen molar-refractivity contribution < 1.29 is 35.9 Å². The summed E-state index contributed by atoms with van der Waals surface area (Å²) >= 11 is 0. The number of rotatable bonds is 6. The van der Waals surface area contributed by atoms with Crippen LogP contribution in [0.3, 0.4) is 0 Å². The Hall–Kier alpha value is -3.49. The third kappa shape index (κ3) is 6.00. The molecule has 0 heterocycles. The lowest BCUT2D eigenvalue weighted by atomic mass is 10.0. The Labute approximate surface area is 173 Å². The third-order valence-electron chi connectivity index (χ3n) is 4.32. The highest BCUT2D eigenvalue weighted by Crippen LogP contribution is 2.30. The van der Waals surface area contributed by atoms with Gasteiger partial charge in [0.1, 0.15) is 12.4 Å². The van der Waals surface area contributed by atoms with Gasteiger partial charge in [-0.3, -0.25) is 10.1 Å². The quantitative estimate of drug-likeness (QED) is 0.264. The topological polar surface area (TPSA) is 38.3 Å². The molecule has 0 saturated heterocycles. The lowest BCUT2D eigenvalue weighted by Gasteiger charge is -2.12. The SMILES string of the molecule is O=Cc1cc(-c2ccc(NC(F)(F)F)cc2)ccc1OCc1ccc(C(F)(F)F)cc1. The predicted octanol–water partition coefficient (Wildman–Crippen LogP) is 6.70. The molecule has 1 N–H and O–H groups in total. The Morgan fingerprint density at radius 1 is 0.806 bits per heavy atom. The van der Waals surface area contributed by atoms with E-state index in [-0.39, 0.29) is 23.6 Å². The number of aldehydes is 1. The number of hydrogen-bond donors (Lipinski definition) is 1. The van der Waals surface area contributed by atoms with E-state index in [0.717, 1.165) is 12.1 Å². The van der Waals surface area contributed by atoms with Crippen LogP contribution in [0.1, 0.15) is 21.5 Å². The molecule has 0 aliphatic carbocycles. The summed E-state index contributed by atoms with van der Waals surface area (Å²) in [5, 5.41) is 1.40. The maximum atomic E-state index is 12.6. The Bertz CT molecular complexity index is 1040. The maximum absolute atomic E-state index is 12.6. The van der Waals surface area contributed by atoms with E-state index >= 15 is 0 Å². The van der Waals surface area contributed by atoms with Crippen LogP contribution in [-0.4, -0.2) is 12.6 Å². The van der Waals surface area contributed by atoms with Gasteiger partial charge in [0.15, 0.2) is 6.29 Å². The zero-order valence-corrected chi connectivity index (χ0v) is 15.7. The van der Waals surface area contributed by atoms with Crippen LogP contribution >= 0.6 is 0 Å². The highest BCUT2D eigenvalue weighted by Gasteiger charge is 2.30. The van der Waals surface area contributed by atoms with Crippen LogP contribution in [0.2, 0.25) is 0 Å². The van der Waals surface area contributed by atoms with E-state index in [4.69, 9.17) is 4.74 Å². The minimum atomic E-state index is -4.54. The summed E-state index contributed by atoms with van der Waals surface area (Å²) in [5.74, 6) is 0.231. The molecule has 3 rings (SSSR count). The second-order valence-corrected chi connectivity index (χ2v) is 6.55. The Kier molecular flexibility index (Phi) is 6.24. The van der Waals surface area contributed by atoms with Crippen molar-refractivity contribution in [2.75, 3.05) is 5.32 Å². The fourth-order valence-electron chi connectivity index (χ4n) is 2.81. The molecule has 0 aliphatic heterocycles. The lowest BCUT2D eigenvalue weighted by Crippen LogP contribution is -2.20. The highest BCUT2D eigenvalue weighted by molar-refractivity contribution is 5.83. The van der Waals surface area contributed by atoms with Gasteiger partial charge in [-0.15, -0.1) is 0 Å². The fraction of sp³-hybridized carbons (Fsp3) is 0.136. The summed E-state index contributed by atoms with van der Waals surface area (Å²) in [6.07, 6.45) is -8.41. The molecule has 0 aromatic heterocycles. The monoisotopic (exact) mass is 439 g/mol. The number of ether oxygens (including phenoxy) is 1. The first kappa shape index (κ1) is 22.2. The van der Waals surface area contributed by atoms with Crippen LogP contribution < -0.4 is 10.1 Å². The van der Waals surface area contributed by atoms with Gasteiger partial charge in [0, 0.05) is 5.69 Å². The van der Waals surface area contributed by atoms with Gasteiger partial charge in [-0.1, -0.05) is 30.3 Å². The van der Waals surface area contributed by atoms with Crippen molar-refractivity contribution in [1.29, 1.82) is 0 Å². The van der Waals surface area contributed by atoms with E-state index in [1.165, 1.54) is 53.8 Å². The maximum Gasteiger partial charge on any atom is 0.482 e. The van der Waals surface area contributed by atoms with Crippen LogP contribution in [0, 0.1) is 0 Å². The molecule has 162 valence electrons. The standard InChI is InChI=1S/C22H15F6NO2/c23-21(24,25)18-6-1-14(2-7-18)13-31-20-10-5-16(11-17(20)12-30)15-3-8-19(9-4-15)29-22(26,27)28/h1-12,29H,13H2. The van der Waals surface area contributed by atoms with E-state index < -0.39 is 18.0 Å². The molecule has 0 atom stereocenters. The van der Waals surface area contributed by atoms with Crippen LogP contribution in [0.15, 0.2) is 66.7 Å². The molecule has 9 heteroatoms. The summed E-state index contributed by atoms with van der Waals surface area (Å²) in [6, 6.07) is 14.6. The molecular weight excluding hydrogens is 424 g/mol. The molecule has 31 heavy (non-hydrogen) atoms. The number of alkyl halides is 6. The van der Waals surface area contributed by atoms with Crippen molar-refractivity contribution in [2.24, 2.45) is 0 Å². The van der Waals surface area contributed by atoms with Gasteiger partial charge in [0.2, 0.25) is 0 Å². The van der Waals surface area contributed by atoms with E-state index in [0.29, 0.717) is 23.0 Å². The normalized spacial score (nSPS) is 11.8. The van der Waals surface area contributed by atoms with Crippen molar-refractivity contribution in [3.8, 4) is 16.9 Å². The molecule has 3 aromatic carbocycles. The first-order valence-electron chi connectivity index (χ1n) is 8.89. The van der Waals surface area contributed by atoms with Crippen LogP contribution in [0.4, 0.5) is 32.0 Å². The highest BCUT2D eigenvalue weighted by atomic mass is 19.4. The first-order valence-corrected chi connectivity index (χ1v) is 8.89. The number of benzene rings is 3. The van der Waals surface area contributed by atoms with Crippen molar-refractivity contribution >= 4 is 12.0 Å². The van der Waals surface area contributed by atoms with Gasteiger partial charge in [0.05, 0.1) is 11.1 Å². The Morgan fingerprint density at radius 3 is 1.97 bits per heavy atom.